The van der Waals surface area contributed by atoms with Crippen LogP contribution in [0.25, 0.3) is 0 Å². The number of hydrogen-bond donors (Lipinski definition) is 1. The second kappa shape index (κ2) is 5.89. The lowest BCUT2D eigenvalue weighted by Crippen LogP contribution is -2.07. The van der Waals surface area contributed by atoms with Crippen molar-refractivity contribution >= 4 is 0 Å². The van der Waals surface area contributed by atoms with Crippen molar-refractivity contribution in [3.05, 3.63) is 46.8 Å². The summed E-state index contributed by atoms with van der Waals surface area (Å²) >= 11 is 0. The molecule has 1 heterocycles. The molecule has 4 heteroatoms. The highest BCUT2D eigenvalue weighted by Gasteiger charge is 2.12. The number of para-hydroxylation sites is 1. The summed E-state index contributed by atoms with van der Waals surface area (Å²) < 4.78 is 7.41. The van der Waals surface area contributed by atoms with Crippen molar-refractivity contribution < 1.29 is 4.74 Å². The van der Waals surface area contributed by atoms with Crippen LogP contribution < -0.4 is 10.5 Å². The van der Waals surface area contributed by atoms with E-state index in [0.717, 1.165) is 30.0 Å². The second-order valence-electron chi connectivity index (χ2n) is 4.66. The van der Waals surface area contributed by atoms with Gasteiger partial charge in [-0.3, -0.25) is 4.68 Å². The minimum Gasteiger partial charge on any atom is -0.496 e. The van der Waals surface area contributed by atoms with Gasteiger partial charge in [0.2, 0.25) is 0 Å². The van der Waals surface area contributed by atoms with Crippen molar-refractivity contribution in [2.45, 2.75) is 26.8 Å². The van der Waals surface area contributed by atoms with Gasteiger partial charge in [-0.1, -0.05) is 18.2 Å². The molecule has 0 aliphatic rings. The van der Waals surface area contributed by atoms with Gasteiger partial charge in [-0.05, 0) is 38.4 Å². The van der Waals surface area contributed by atoms with Gasteiger partial charge in [-0.25, -0.2) is 0 Å². The fourth-order valence-corrected chi connectivity index (χ4v) is 2.39. The zero-order valence-electron chi connectivity index (χ0n) is 11.8. The first-order valence-electron chi connectivity index (χ1n) is 6.52. The van der Waals surface area contributed by atoms with E-state index in [-0.39, 0.29) is 0 Å². The maximum atomic E-state index is 5.65. The standard InChI is InChI=1S/C15H21N3O/c1-11-14(8-9-16)12(2)18(17-11)10-13-6-4-5-7-15(13)19-3/h4-7H,8-10,16H2,1-3H3. The molecule has 102 valence electrons. The summed E-state index contributed by atoms with van der Waals surface area (Å²) in [7, 11) is 1.69. The highest BCUT2D eigenvalue weighted by molar-refractivity contribution is 5.34. The van der Waals surface area contributed by atoms with Crippen LogP contribution >= 0.6 is 0 Å². The van der Waals surface area contributed by atoms with Crippen LogP contribution in [0.15, 0.2) is 24.3 Å². The van der Waals surface area contributed by atoms with Gasteiger partial charge in [0, 0.05) is 11.3 Å². The number of aryl methyl sites for hydroxylation is 1. The Morgan fingerprint density at radius 2 is 2.00 bits per heavy atom. The number of ether oxygens (including phenoxy) is 1. The Labute approximate surface area is 114 Å². The molecule has 0 saturated carbocycles. The van der Waals surface area contributed by atoms with Gasteiger partial charge in [0.1, 0.15) is 5.75 Å². The number of methoxy groups -OCH3 is 1. The van der Waals surface area contributed by atoms with Gasteiger partial charge < -0.3 is 10.5 Å². The molecule has 2 aromatic rings. The fraction of sp³-hybridized carbons (Fsp3) is 0.400. The number of nitrogens with two attached hydrogens (primary N) is 1. The van der Waals surface area contributed by atoms with Crippen LogP contribution in [0.5, 0.6) is 5.75 Å². The molecule has 0 fully saturated rings. The van der Waals surface area contributed by atoms with Crippen LogP contribution in [-0.4, -0.2) is 23.4 Å². The van der Waals surface area contributed by atoms with E-state index >= 15 is 0 Å². The van der Waals surface area contributed by atoms with E-state index in [2.05, 4.69) is 18.1 Å². The van der Waals surface area contributed by atoms with Crippen molar-refractivity contribution in [2.24, 2.45) is 5.73 Å². The first kappa shape index (κ1) is 13.6. The van der Waals surface area contributed by atoms with Crippen molar-refractivity contribution in [2.75, 3.05) is 13.7 Å². The van der Waals surface area contributed by atoms with Crippen LogP contribution in [0.3, 0.4) is 0 Å². The predicted molar refractivity (Wildman–Crippen MR) is 76.6 cm³/mol. The van der Waals surface area contributed by atoms with Crippen molar-refractivity contribution in [1.82, 2.24) is 9.78 Å². The Bertz CT molecular complexity index is 561. The van der Waals surface area contributed by atoms with Gasteiger partial charge >= 0.3 is 0 Å². The number of nitrogens with zero attached hydrogens (tertiary/aromatic N) is 2. The molecular formula is C15H21N3O. The maximum absolute atomic E-state index is 5.65. The molecule has 1 aromatic carbocycles. The monoisotopic (exact) mass is 259 g/mol. The minimum atomic E-state index is 0.655. The Balaban J connectivity index is 2.31. The van der Waals surface area contributed by atoms with Crippen molar-refractivity contribution in [3.63, 3.8) is 0 Å². The predicted octanol–water partition coefficient (Wildman–Crippen LogP) is 2.06. The summed E-state index contributed by atoms with van der Waals surface area (Å²) in [5.41, 5.74) is 10.3. The third kappa shape index (κ3) is 2.79. The summed E-state index contributed by atoms with van der Waals surface area (Å²) in [6.07, 6.45) is 0.879. The molecule has 0 atom stereocenters. The first-order chi connectivity index (χ1) is 9.17. The van der Waals surface area contributed by atoms with Crippen LogP contribution in [0, 0.1) is 13.8 Å². The fourth-order valence-electron chi connectivity index (χ4n) is 2.39. The van der Waals surface area contributed by atoms with Crippen LogP contribution in [-0.2, 0) is 13.0 Å². The average molecular weight is 259 g/mol. The molecule has 0 spiro atoms. The topological polar surface area (TPSA) is 53.1 Å². The quantitative estimate of drug-likeness (QED) is 0.894. The number of aromatic nitrogens is 2. The molecule has 2 N–H and O–H groups in total. The Hall–Kier alpha value is -1.81. The molecule has 0 aliphatic heterocycles. The number of rotatable bonds is 5. The highest BCUT2D eigenvalue weighted by Crippen LogP contribution is 2.21. The molecule has 19 heavy (non-hydrogen) atoms. The van der Waals surface area contributed by atoms with Crippen molar-refractivity contribution in [3.8, 4) is 5.75 Å². The largest absolute Gasteiger partial charge is 0.496 e. The van der Waals surface area contributed by atoms with E-state index in [1.807, 2.05) is 29.8 Å². The molecule has 4 nitrogen and oxygen atoms in total. The zero-order valence-corrected chi connectivity index (χ0v) is 11.8. The lowest BCUT2D eigenvalue weighted by molar-refractivity contribution is 0.407. The molecular weight excluding hydrogens is 238 g/mol. The summed E-state index contributed by atoms with van der Waals surface area (Å²) in [6, 6.07) is 8.04. The number of hydrogen-bond acceptors (Lipinski definition) is 3. The zero-order chi connectivity index (χ0) is 13.8. The molecule has 0 saturated heterocycles. The normalized spacial score (nSPS) is 10.7. The molecule has 0 bridgehead atoms. The molecule has 0 radical (unpaired) electrons. The second-order valence-corrected chi connectivity index (χ2v) is 4.66. The Morgan fingerprint density at radius 3 is 2.68 bits per heavy atom. The third-order valence-corrected chi connectivity index (χ3v) is 3.44. The van der Waals surface area contributed by atoms with Gasteiger partial charge in [-0.15, -0.1) is 0 Å². The number of benzene rings is 1. The summed E-state index contributed by atoms with van der Waals surface area (Å²) in [5.74, 6) is 0.899. The van der Waals surface area contributed by atoms with Crippen LogP contribution in [0.4, 0.5) is 0 Å². The Morgan fingerprint density at radius 1 is 1.26 bits per heavy atom. The van der Waals surface area contributed by atoms with Crippen molar-refractivity contribution in [1.29, 1.82) is 0 Å². The molecule has 2 rings (SSSR count). The van der Waals surface area contributed by atoms with Gasteiger partial charge in [0.25, 0.3) is 0 Å². The average Bonchev–Trinajstić information content (AvgIpc) is 2.67. The minimum absolute atomic E-state index is 0.655. The van der Waals surface area contributed by atoms with Gasteiger partial charge in [0.05, 0.1) is 19.3 Å². The molecule has 0 unspecified atom stereocenters. The van der Waals surface area contributed by atoms with E-state index in [0.29, 0.717) is 6.54 Å². The smallest absolute Gasteiger partial charge is 0.123 e. The summed E-state index contributed by atoms with van der Waals surface area (Å²) in [5, 5.41) is 4.61. The summed E-state index contributed by atoms with van der Waals surface area (Å²) in [6.45, 7) is 5.51. The van der Waals surface area contributed by atoms with E-state index in [1.165, 1.54) is 11.3 Å². The third-order valence-electron chi connectivity index (χ3n) is 3.44. The van der Waals surface area contributed by atoms with Crippen LogP contribution in [0.1, 0.15) is 22.5 Å². The maximum Gasteiger partial charge on any atom is 0.123 e. The Kier molecular flexibility index (Phi) is 4.22. The molecule has 0 aliphatic carbocycles. The lowest BCUT2D eigenvalue weighted by atomic mass is 10.1. The van der Waals surface area contributed by atoms with Crippen LogP contribution in [0.2, 0.25) is 0 Å². The van der Waals surface area contributed by atoms with E-state index in [4.69, 9.17) is 10.5 Å². The highest BCUT2D eigenvalue weighted by atomic mass is 16.5. The first-order valence-corrected chi connectivity index (χ1v) is 6.52. The molecule has 1 aromatic heterocycles. The SMILES string of the molecule is COc1ccccc1Cn1nc(C)c(CCN)c1C. The summed E-state index contributed by atoms with van der Waals surface area (Å²) in [4.78, 5) is 0. The lowest BCUT2D eigenvalue weighted by Gasteiger charge is -2.09. The van der Waals surface area contributed by atoms with E-state index in [1.54, 1.807) is 7.11 Å². The van der Waals surface area contributed by atoms with E-state index in [9.17, 15) is 0 Å². The van der Waals surface area contributed by atoms with Gasteiger partial charge in [-0.2, -0.15) is 5.10 Å². The molecule has 0 amide bonds. The van der Waals surface area contributed by atoms with Gasteiger partial charge in [0.15, 0.2) is 0 Å². The van der Waals surface area contributed by atoms with E-state index < -0.39 is 0 Å².